The van der Waals surface area contributed by atoms with Gasteiger partial charge in [-0.05, 0) is 32.4 Å². The second kappa shape index (κ2) is 17.7. The molecule has 338 valence electrons. The molecule has 2 aromatic rings. The Morgan fingerprint density at radius 2 is 1.71 bits per heavy atom. The van der Waals surface area contributed by atoms with Gasteiger partial charge in [-0.3, -0.25) is 0 Å². The Morgan fingerprint density at radius 1 is 0.984 bits per heavy atom. The van der Waals surface area contributed by atoms with Gasteiger partial charge in [0.2, 0.25) is 0 Å². The second-order valence-electron chi connectivity index (χ2n) is 18.7. The summed E-state index contributed by atoms with van der Waals surface area (Å²) < 4.78 is 45.6. The first kappa shape index (κ1) is 43.5. The zero-order valence-electron chi connectivity index (χ0n) is 35.5. The zero-order chi connectivity index (χ0) is 43.2. The molecule has 15 nitrogen and oxygen atoms in total. The van der Waals surface area contributed by atoms with Crippen LogP contribution in [0, 0.1) is 11.8 Å². The first-order valence-electron chi connectivity index (χ1n) is 22.8. The number of sulfonamides is 1. The molecule has 4 aliphatic heterocycles. The van der Waals surface area contributed by atoms with Crippen molar-refractivity contribution in [2.24, 2.45) is 11.8 Å². The van der Waals surface area contributed by atoms with Crippen molar-refractivity contribution < 1.29 is 63.0 Å². The number of pyridine rings is 1. The summed E-state index contributed by atoms with van der Waals surface area (Å²) in [5.74, 6) is -0.491. The van der Waals surface area contributed by atoms with Crippen LogP contribution in [0.1, 0.15) is 109 Å². The van der Waals surface area contributed by atoms with Gasteiger partial charge >= 0.3 is 326 Å². The molecule has 1 aromatic carbocycles. The number of aromatic nitrogens is 1. The van der Waals surface area contributed by atoms with E-state index >= 15 is 4.79 Å². The fraction of sp³-hybridized carbons (Fsp3) is 0.667. The van der Waals surface area contributed by atoms with Gasteiger partial charge in [-0.25, -0.2) is 0 Å². The summed E-state index contributed by atoms with van der Waals surface area (Å²) >= 11 is -1.06. The van der Waals surface area contributed by atoms with Crippen molar-refractivity contribution in [2.45, 2.75) is 152 Å². The zero-order valence-corrected chi connectivity index (χ0v) is 38.5. The number of hydrogen-bond donors (Lipinski definition) is 4. The Morgan fingerprint density at radius 3 is 2.44 bits per heavy atom. The summed E-state index contributed by atoms with van der Waals surface area (Å²) in [6.07, 6.45) is 12.3. The molecule has 3 aliphatic carbocycles. The van der Waals surface area contributed by atoms with Crippen molar-refractivity contribution in [3.8, 4) is 11.6 Å². The van der Waals surface area contributed by atoms with Crippen molar-refractivity contribution in [2.75, 3.05) is 19.6 Å². The SMILES string of the molecule is C=CC1[I-]C1(NC(=O)[C@@H]1C[C@@H]2CN1C(=O)[C@H](C1CCCCC1)NC(=O)O[C@@H]1C[C@H]1CCCCCc1c(nc3ccccc3c1OC1CCNCC1)O2)C(=O)NS(=O)(=O)C1(C)CC1. The van der Waals surface area contributed by atoms with Crippen LogP contribution in [0.3, 0.4) is 0 Å². The molecule has 5 heterocycles. The average Bonchev–Trinajstić information content (AvgIpc) is 4.23. The Hall–Kier alpha value is -3.71. The van der Waals surface area contributed by atoms with Crippen molar-refractivity contribution in [3.05, 3.63) is 42.5 Å². The molecule has 0 spiro atoms. The van der Waals surface area contributed by atoms with Crippen LogP contribution in [-0.4, -0.2) is 104 Å². The molecule has 62 heavy (non-hydrogen) atoms. The van der Waals surface area contributed by atoms with E-state index in [-0.39, 0.29) is 37.0 Å². The molecule has 9 rings (SSSR count). The number of benzene rings is 1. The van der Waals surface area contributed by atoms with Gasteiger partial charge in [-0.15, -0.1) is 0 Å². The average molecular weight is 988 g/mol. The van der Waals surface area contributed by atoms with E-state index in [2.05, 4.69) is 27.3 Å². The van der Waals surface area contributed by atoms with Crippen LogP contribution in [0.25, 0.3) is 10.9 Å². The molecule has 7 aliphatic rings. The molecule has 4 amide bonds. The summed E-state index contributed by atoms with van der Waals surface area (Å²) in [5, 5.41) is 10.3. The molecular weight excluding hydrogens is 927 g/mol. The first-order chi connectivity index (χ1) is 29.9. The number of nitrogens with zero attached hydrogens (tertiary/aromatic N) is 2. The van der Waals surface area contributed by atoms with Gasteiger partial charge in [0.15, 0.2) is 0 Å². The number of hydrogen-bond acceptors (Lipinski definition) is 11. The van der Waals surface area contributed by atoms with E-state index in [1.165, 1.54) is 4.90 Å². The van der Waals surface area contributed by atoms with E-state index in [1.54, 1.807) is 13.0 Å². The van der Waals surface area contributed by atoms with Gasteiger partial charge in [-0.2, -0.15) is 0 Å². The monoisotopic (exact) mass is 987 g/mol. The summed E-state index contributed by atoms with van der Waals surface area (Å²) in [6, 6.07) is 5.85. The third-order valence-corrected chi connectivity index (χ3v) is 20.2. The minimum atomic E-state index is -3.99. The third kappa shape index (κ3) is 9.00. The second-order valence-corrected chi connectivity index (χ2v) is 24.5. The van der Waals surface area contributed by atoms with Crippen LogP contribution < -0.4 is 51.4 Å². The topological polar surface area (TPSA) is 194 Å². The maximum absolute atomic E-state index is 15.1. The summed E-state index contributed by atoms with van der Waals surface area (Å²) in [4.78, 5) is 63.9. The Kier molecular flexibility index (Phi) is 12.4. The van der Waals surface area contributed by atoms with Crippen LogP contribution >= 0.6 is 0 Å². The van der Waals surface area contributed by atoms with Crippen molar-refractivity contribution >= 4 is 44.7 Å². The van der Waals surface area contributed by atoms with Gasteiger partial charge in [0.05, 0.1) is 0 Å². The van der Waals surface area contributed by atoms with Crippen LogP contribution in [0.15, 0.2) is 36.9 Å². The van der Waals surface area contributed by atoms with Crippen LogP contribution in [0.2, 0.25) is 0 Å². The number of nitrogens with one attached hydrogen (secondary N) is 4. The van der Waals surface area contributed by atoms with E-state index in [9.17, 15) is 22.8 Å². The molecule has 1 aromatic heterocycles. The number of fused-ring (bicyclic) bond motifs is 5. The molecule has 17 heteroatoms. The Bertz CT molecular complexity index is 2190. The molecule has 6 fully saturated rings. The number of piperidine rings is 1. The fourth-order valence-corrected chi connectivity index (χ4v) is 14.0. The molecule has 4 N–H and O–H groups in total. The quantitative estimate of drug-likeness (QED) is 0.123. The molecule has 2 bridgehead atoms. The number of carbonyl (C=O) groups excluding carboxylic acids is 4. The van der Waals surface area contributed by atoms with Crippen molar-refractivity contribution in [1.29, 1.82) is 0 Å². The predicted molar refractivity (Wildman–Crippen MR) is 226 cm³/mol. The number of ether oxygens (including phenoxy) is 3. The number of amides is 4. The summed E-state index contributed by atoms with van der Waals surface area (Å²) in [6.45, 7) is 7.24. The van der Waals surface area contributed by atoms with Gasteiger partial charge in [-0.1, -0.05) is 12.5 Å². The molecule has 2 unspecified atom stereocenters. The van der Waals surface area contributed by atoms with Gasteiger partial charge < -0.3 is 5.32 Å². The summed E-state index contributed by atoms with van der Waals surface area (Å²) in [7, 11) is -3.99. The van der Waals surface area contributed by atoms with E-state index in [0.29, 0.717) is 30.7 Å². The van der Waals surface area contributed by atoms with E-state index in [1.807, 2.05) is 24.3 Å². The maximum atomic E-state index is 15.1. The number of alkyl carbamates (subject to hydrolysis) is 1. The first-order valence-corrected chi connectivity index (χ1v) is 26.6. The van der Waals surface area contributed by atoms with Gasteiger partial charge in [0.1, 0.15) is 0 Å². The number of carbonyl (C=O) groups is 4. The predicted octanol–water partition coefficient (Wildman–Crippen LogP) is 1.36. The van der Waals surface area contributed by atoms with Gasteiger partial charge in [0.25, 0.3) is 0 Å². The molecule has 0 radical (unpaired) electrons. The number of rotatable bonds is 9. The van der Waals surface area contributed by atoms with Crippen LogP contribution in [-0.2, 0) is 35.6 Å². The number of para-hydroxylation sites is 1. The normalized spacial score (nSPS) is 31.9. The van der Waals surface area contributed by atoms with Crippen molar-refractivity contribution in [3.63, 3.8) is 0 Å². The van der Waals surface area contributed by atoms with E-state index < -0.39 is 85.4 Å². The Labute approximate surface area is 374 Å². The standard InChI is InChI=1S/C45H60IN6O9S/c1-3-36-45(46-36,42(55)51-62(57,58)44(2)20-21-44)50-39(53)34-25-30-26-52(34)41(54)37(27-12-6-4-7-13-27)49-43(56)61-35-24-28(35)14-8-5-9-16-32-38(59-29-18-22-47-23-19-29)31-15-10-11-17-33(31)48-40(32)60-30/h3,10-11,15,17,27-30,34-37,47H,1,4-9,12-14,16,18-26H2,2H3,(H,49,56)(H,50,53)(H,51,55)/q-1/t28-,30-,34+,35-,36?,37+,45?/m1/s1. The molecule has 3 saturated heterocycles. The van der Waals surface area contributed by atoms with Crippen molar-refractivity contribution in [1.82, 2.24) is 30.6 Å². The van der Waals surface area contributed by atoms with E-state index in [0.717, 1.165) is 107 Å². The molecular formula is C45H60IN6O9S-. The summed E-state index contributed by atoms with van der Waals surface area (Å²) in [5.41, 5.74) is 1.58. The molecule has 7 atom stereocenters. The van der Waals surface area contributed by atoms with Crippen LogP contribution in [0.4, 0.5) is 4.79 Å². The molecule has 3 saturated carbocycles. The Balaban J connectivity index is 1.07. The number of alkyl halides is 2. The van der Waals surface area contributed by atoms with Crippen LogP contribution in [0.5, 0.6) is 11.6 Å². The van der Waals surface area contributed by atoms with E-state index in [4.69, 9.17) is 19.2 Å². The minimum absolute atomic E-state index is 0.0156. The van der Waals surface area contributed by atoms with Gasteiger partial charge in [0, 0.05) is 0 Å². The third-order valence-electron chi connectivity index (χ3n) is 14.2. The fourth-order valence-electron chi connectivity index (χ4n) is 9.86. The number of halogens is 1.